The van der Waals surface area contributed by atoms with E-state index in [0.29, 0.717) is 11.5 Å². The van der Waals surface area contributed by atoms with E-state index in [0.717, 1.165) is 23.5 Å². The van der Waals surface area contributed by atoms with Crippen LogP contribution < -0.4 is 15.5 Å². The Labute approximate surface area is 168 Å². The first-order valence-corrected chi connectivity index (χ1v) is 9.39. The zero-order valence-electron chi connectivity index (χ0n) is 16.2. The first-order valence-electron chi connectivity index (χ1n) is 9.39. The number of anilines is 4. The third kappa shape index (κ3) is 3.94. The van der Waals surface area contributed by atoms with Gasteiger partial charge in [0, 0.05) is 30.0 Å². The molecule has 0 fully saturated rings. The summed E-state index contributed by atoms with van der Waals surface area (Å²) in [6.07, 6.45) is 3.87. The van der Waals surface area contributed by atoms with Gasteiger partial charge in [-0.05, 0) is 49.2 Å². The van der Waals surface area contributed by atoms with Crippen molar-refractivity contribution in [2.75, 3.05) is 15.5 Å². The van der Waals surface area contributed by atoms with Crippen molar-refractivity contribution in [3.8, 4) is 0 Å². The van der Waals surface area contributed by atoms with E-state index >= 15 is 0 Å². The molecule has 2 aromatic carbocycles. The highest BCUT2D eigenvalue weighted by Crippen LogP contribution is 2.32. The molecule has 29 heavy (non-hydrogen) atoms. The Kier molecular flexibility index (Phi) is 4.95. The normalized spacial score (nSPS) is 15.0. The van der Waals surface area contributed by atoms with E-state index in [1.807, 2.05) is 37.3 Å². The summed E-state index contributed by atoms with van der Waals surface area (Å²) in [4.78, 5) is 34.5. The van der Waals surface area contributed by atoms with Crippen LogP contribution in [0.4, 0.5) is 22.9 Å². The summed E-state index contributed by atoms with van der Waals surface area (Å²) in [5.74, 6) is 0.261. The lowest BCUT2D eigenvalue weighted by Gasteiger charge is -2.22. The second kappa shape index (κ2) is 7.71. The molecule has 3 aromatic rings. The minimum absolute atomic E-state index is 0.0848. The highest BCUT2D eigenvalue weighted by molar-refractivity contribution is 6.06. The molecule has 1 aliphatic rings. The summed E-state index contributed by atoms with van der Waals surface area (Å²) in [6, 6.07) is 15.3. The van der Waals surface area contributed by atoms with Crippen LogP contribution in [0.3, 0.4) is 0 Å². The second-order valence-electron chi connectivity index (χ2n) is 7.03. The molecular formula is C22H21N5O2. The van der Waals surface area contributed by atoms with Gasteiger partial charge < -0.3 is 15.5 Å². The van der Waals surface area contributed by atoms with E-state index < -0.39 is 0 Å². The number of aromatic nitrogens is 2. The van der Waals surface area contributed by atoms with Crippen molar-refractivity contribution in [3.05, 3.63) is 72.2 Å². The monoisotopic (exact) mass is 387 g/mol. The highest BCUT2D eigenvalue weighted by Gasteiger charge is 2.31. The van der Waals surface area contributed by atoms with Gasteiger partial charge >= 0.3 is 0 Å². The minimum atomic E-state index is -0.152. The number of benzene rings is 2. The maximum atomic E-state index is 13.0. The van der Waals surface area contributed by atoms with Crippen molar-refractivity contribution in [1.82, 2.24) is 9.97 Å². The van der Waals surface area contributed by atoms with Crippen molar-refractivity contribution >= 4 is 34.7 Å². The standard InChI is InChI=1S/C22H21N5O2/c1-14-11-16-5-3-4-6-20(16)27(14)22(29)19-12-24-21(13-23-19)26-18-9-7-17(8-10-18)25-15(2)28/h3-10,12-14H,11H2,1-2H3,(H,24,26)(H,25,28). The lowest BCUT2D eigenvalue weighted by atomic mass is 10.1. The number of nitrogens with zero attached hydrogens (tertiary/aromatic N) is 3. The predicted molar refractivity (Wildman–Crippen MR) is 112 cm³/mol. The topological polar surface area (TPSA) is 87.2 Å². The number of amides is 2. The van der Waals surface area contributed by atoms with Crippen LogP contribution in [-0.2, 0) is 11.2 Å². The Morgan fingerprint density at radius 2 is 1.72 bits per heavy atom. The average molecular weight is 387 g/mol. The van der Waals surface area contributed by atoms with Crippen LogP contribution in [0.25, 0.3) is 0 Å². The zero-order valence-corrected chi connectivity index (χ0v) is 16.2. The molecule has 2 amide bonds. The lowest BCUT2D eigenvalue weighted by molar-refractivity contribution is -0.114. The van der Waals surface area contributed by atoms with Gasteiger partial charge in [-0.15, -0.1) is 0 Å². The third-order valence-electron chi connectivity index (χ3n) is 4.77. The molecule has 1 atom stereocenters. The Morgan fingerprint density at radius 1 is 1.00 bits per heavy atom. The average Bonchev–Trinajstić information content (AvgIpc) is 3.05. The summed E-state index contributed by atoms with van der Waals surface area (Å²) < 4.78 is 0. The molecule has 2 heterocycles. The Morgan fingerprint density at radius 3 is 2.41 bits per heavy atom. The number of para-hydroxylation sites is 1. The molecule has 0 saturated heterocycles. The predicted octanol–water partition coefficient (Wildman–Crippen LogP) is 3.77. The molecule has 1 unspecified atom stereocenters. The van der Waals surface area contributed by atoms with Crippen LogP contribution in [-0.4, -0.2) is 27.8 Å². The molecule has 146 valence electrons. The smallest absolute Gasteiger partial charge is 0.278 e. The van der Waals surface area contributed by atoms with E-state index in [9.17, 15) is 9.59 Å². The lowest BCUT2D eigenvalue weighted by Crippen LogP contribution is -2.36. The number of fused-ring (bicyclic) bond motifs is 1. The van der Waals surface area contributed by atoms with Crippen molar-refractivity contribution in [1.29, 1.82) is 0 Å². The van der Waals surface area contributed by atoms with Crippen LogP contribution in [0, 0.1) is 0 Å². The largest absolute Gasteiger partial charge is 0.339 e. The zero-order chi connectivity index (χ0) is 20.4. The van der Waals surface area contributed by atoms with Gasteiger partial charge in [0.25, 0.3) is 5.91 Å². The summed E-state index contributed by atoms with van der Waals surface area (Å²) in [7, 11) is 0. The number of hydrogen-bond acceptors (Lipinski definition) is 5. The quantitative estimate of drug-likeness (QED) is 0.712. The van der Waals surface area contributed by atoms with E-state index in [1.165, 1.54) is 18.7 Å². The molecule has 1 aliphatic heterocycles. The molecule has 0 saturated carbocycles. The van der Waals surface area contributed by atoms with Gasteiger partial charge in [0.1, 0.15) is 11.5 Å². The van der Waals surface area contributed by atoms with Crippen LogP contribution in [0.1, 0.15) is 29.9 Å². The Hall–Kier alpha value is -3.74. The molecule has 0 bridgehead atoms. The van der Waals surface area contributed by atoms with Gasteiger partial charge in [0.05, 0.1) is 12.4 Å². The fraction of sp³-hybridized carbons (Fsp3) is 0.182. The van der Waals surface area contributed by atoms with E-state index in [1.54, 1.807) is 23.2 Å². The first kappa shape index (κ1) is 18.6. The molecule has 0 aliphatic carbocycles. The SMILES string of the molecule is CC(=O)Nc1ccc(Nc2cnc(C(=O)N3c4ccccc4CC3C)cn2)cc1. The number of carbonyl (C=O) groups is 2. The minimum Gasteiger partial charge on any atom is -0.339 e. The van der Waals surface area contributed by atoms with E-state index in [4.69, 9.17) is 0 Å². The molecule has 0 spiro atoms. The van der Waals surface area contributed by atoms with E-state index in [2.05, 4.69) is 26.7 Å². The van der Waals surface area contributed by atoms with Gasteiger partial charge in [-0.3, -0.25) is 9.59 Å². The van der Waals surface area contributed by atoms with Gasteiger partial charge in [0.15, 0.2) is 0 Å². The van der Waals surface area contributed by atoms with Crippen LogP contribution in [0.15, 0.2) is 60.9 Å². The molecule has 4 rings (SSSR count). The Bertz CT molecular complexity index is 1050. The van der Waals surface area contributed by atoms with Crippen molar-refractivity contribution in [2.24, 2.45) is 0 Å². The summed E-state index contributed by atoms with van der Waals surface area (Å²) in [6.45, 7) is 3.50. The van der Waals surface area contributed by atoms with Gasteiger partial charge in [-0.2, -0.15) is 0 Å². The summed E-state index contributed by atoms with van der Waals surface area (Å²) >= 11 is 0. The highest BCUT2D eigenvalue weighted by atomic mass is 16.2. The molecule has 7 heteroatoms. The van der Waals surface area contributed by atoms with Crippen molar-refractivity contribution < 1.29 is 9.59 Å². The maximum Gasteiger partial charge on any atom is 0.278 e. The number of hydrogen-bond donors (Lipinski definition) is 2. The van der Waals surface area contributed by atoms with Crippen LogP contribution >= 0.6 is 0 Å². The molecule has 2 N–H and O–H groups in total. The van der Waals surface area contributed by atoms with E-state index in [-0.39, 0.29) is 17.9 Å². The molecular weight excluding hydrogens is 366 g/mol. The number of carbonyl (C=O) groups excluding carboxylic acids is 2. The van der Waals surface area contributed by atoms with Gasteiger partial charge in [-0.1, -0.05) is 18.2 Å². The van der Waals surface area contributed by atoms with Crippen LogP contribution in [0.5, 0.6) is 0 Å². The van der Waals surface area contributed by atoms with Crippen LogP contribution in [0.2, 0.25) is 0 Å². The fourth-order valence-electron chi connectivity index (χ4n) is 3.49. The van der Waals surface area contributed by atoms with Crippen molar-refractivity contribution in [2.45, 2.75) is 26.3 Å². The first-order chi connectivity index (χ1) is 14.0. The fourth-order valence-corrected chi connectivity index (χ4v) is 3.49. The van der Waals surface area contributed by atoms with Crippen molar-refractivity contribution in [3.63, 3.8) is 0 Å². The Balaban J connectivity index is 1.47. The van der Waals surface area contributed by atoms with Gasteiger partial charge in [-0.25, -0.2) is 9.97 Å². The molecule has 1 aromatic heterocycles. The van der Waals surface area contributed by atoms with Gasteiger partial charge in [0.2, 0.25) is 5.91 Å². The summed E-state index contributed by atoms with van der Waals surface area (Å²) in [5, 5.41) is 5.85. The number of nitrogens with one attached hydrogen (secondary N) is 2. The molecule has 7 nitrogen and oxygen atoms in total. The second-order valence-corrected chi connectivity index (χ2v) is 7.03. The third-order valence-corrected chi connectivity index (χ3v) is 4.77. The summed E-state index contributed by atoms with van der Waals surface area (Å²) in [5.41, 5.74) is 3.93. The maximum absolute atomic E-state index is 13.0. The molecule has 0 radical (unpaired) electrons. The number of rotatable bonds is 4.